The number of hydrogen-bond acceptors (Lipinski definition) is 5. The highest BCUT2D eigenvalue weighted by Gasteiger charge is 2.09. The van der Waals surface area contributed by atoms with Crippen LogP contribution in [-0.2, 0) is 6.61 Å². The van der Waals surface area contributed by atoms with Crippen molar-refractivity contribution in [2.24, 2.45) is 0 Å². The number of nitro benzene ring substituents is 1. The molecule has 0 spiro atoms. The SMILES string of the molecule is CNc1cccc(COc2cc(Br)cc([N+](=O)[O-])c2)n1. The molecule has 0 saturated heterocycles. The van der Waals surface area contributed by atoms with Crippen molar-refractivity contribution < 1.29 is 9.66 Å². The van der Waals surface area contributed by atoms with Crippen molar-refractivity contribution in [1.82, 2.24) is 4.98 Å². The van der Waals surface area contributed by atoms with Gasteiger partial charge in [-0.1, -0.05) is 22.0 Å². The van der Waals surface area contributed by atoms with E-state index in [9.17, 15) is 10.1 Å². The van der Waals surface area contributed by atoms with E-state index in [-0.39, 0.29) is 12.3 Å². The third kappa shape index (κ3) is 3.67. The first-order chi connectivity index (χ1) is 9.58. The zero-order valence-electron chi connectivity index (χ0n) is 10.7. The average molecular weight is 338 g/mol. The minimum atomic E-state index is -0.461. The largest absolute Gasteiger partial charge is 0.487 e. The molecule has 0 bridgehead atoms. The molecule has 0 fully saturated rings. The molecule has 0 aliphatic carbocycles. The summed E-state index contributed by atoms with van der Waals surface area (Å²) in [7, 11) is 1.78. The number of benzene rings is 1. The van der Waals surface area contributed by atoms with E-state index in [0.717, 1.165) is 11.5 Å². The summed E-state index contributed by atoms with van der Waals surface area (Å²) < 4.78 is 6.13. The lowest BCUT2D eigenvalue weighted by Crippen LogP contribution is -2.01. The van der Waals surface area contributed by atoms with Crippen LogP contribution in [-0.4, -0.2) is 17.0 Å². The van der Waals surface area contributed by atoms with Crippen LogP contribution in [0.4, 0.5) is 11.5 Å². The Hall–Kier alpha value is -2.15. The van der Waals surface area contributed by atoms with Gasteiger partial charge in [-0.05, 0) is 18.2 Å². The van der Waals surface area contributed by atoms with E-state index in [4.69, 9.17) is 4.74 Å². The van der Waals surface area contributed by atoms with Gasteiger partial charge < -0.3 is 10.1 Å². The minimum absolute atomic E-state index is 0.0219. The predicted molar refractivity (Wildman–Crippen MR) is 78.9 cm³/mol. The van der Waals surface area contributed by atoms with E-state index in [1.807, 2.05) is 18.2 Å². The number of nitrogens with zero attached hydrogens (tertiary/aromatic N) is 2. The van der Waals surface area contributed by atoms with Gasteiger partial charge in [0.25, 0.3) is 5.69 Å². The van der Waals surface area contributed by atoms with Crippen molar-refractivity contribution in [2.45, 2.75) is 6.61 Å². The molecule has 104 valence electrons. The lowest BCUT2D eigenvalue weighted by molar-refractivity contribution is -0.385. The normalized spacial score (nSPS) is 10.1. The number of rotatable bonds is 5. The first-order valence-electron chi connectivity index (χ1n) is 5.80. The van der Waals surface area contributed by atoms with E-state index < -0.39 is 4.92 Å². The third-order valence-corrected chi connectivity index (χ3v) is 2.97. The molecular formula is C13H12BrN3O3. The van der Waals surface area contributed by atoms with Crippen LogP contribution in [0.1, 0.15) is 5.69 Å². The quantitative estimate of drug-likeness (QED) is 0.668. The molecule has 0 aliphatic rings. The number of nitro groups is 1. The fraction of sp³-hybridized carbons (Fsp3) is 0.154. The highest BCUT2D eigenvalue weighted by Crippen LogP contribution is 2.26. The van der Waals surface area contributed by atoms with Crippen LogP contribution in [0.5, 0.6) is 5.75 Å². The second-order valence-corrected chi connectivity index (χ2v) is 4.87. The smallest absolute Gasteiger partial charge is 0.274 e. The van der Waals surface area contributed by atoms with Gasteiger partial charge in [0.2, 0.25) is 0 Å². The number of non-ortho nitro benzene ring substituents is 1. The summed E-state index contributed by atoms with van der Waals surface area (Å²) in [6, 6.07) is 10.0. The summed E-state index contributed by atoms with van der Waals surface area (Å²) in [5.41, 5.74) is 0.714. The van der Waals surface area contributed by atoms with Crippen molar-refractivity contribution in [3.8, 4) is 5.75 Å². The molecule has 7 heteroatoms. The molecule has 2 aromatic rings. The van der Waals surface area contributed by atoms with E-state index in [1.165, 1.54) is 12.1 Å². The van der Waals surface area contributed by atoms with E-state index in [0.29, 0.717) is 10.2 Å². The van der Waals surface area contributed by atoms with Crippen molar-refractivity contribution in [3.05, 3.63) is 56.7 Å². The third-order valence-electron chi connectivity index (χ3n) is 2.52. The molecule has 6 nitrogen and oxygen atoms in total. The van der Waals surface area contributed by atoms with Gasteiger partial charge in [-0.15, -0.1) is 0 Å². The molecule has 1 heterocycles. The fourth-order valence-electron chi connectivity index (χ4n) is 1.59. The number of pyridine rings is 1. The molecule has 2 rings (SSSR count). The Morgan fingerprint density at radius 1 is 1.40 bits per heavy atom. The Kier molecular flexibility index (Phi) is 4.52. The number of ether oxygens (including phenoxy) is 1. The van der Waals surface area contributed by atoms with E-state index >= 15 is 0 Å². The monoisotopic (exact) mass is 337 g/mol. The second-order valence-electron chi connectivity index (χ2n) is 3.96. The van der Waals surface area contributed by atoms with Gasteiger partial charge in [0.05, 0.1) is 16.7 Å². The summed E-state index contributed by atoms with van der Waals surface area (Å²) in [6.07, 6.45) is 0. The van der Waals surface area contributed by atoms with Crippen molar-refractivity contribution >= 4 is 27.4 Å². The van der Waals surface area contributed by atoms with Crippen LogP contribution in [0.2, 0.25) is 0 Å². The van der Waals surface area contributed by atoms with Crippen LogP contribution in [0.15, 0.2) is 40.9 Å². The maximum Gasteiger partial charge on any atom is 0.274 e. The summed E-state index contributed by atoms with van der Waals surface area (Å²) in [5.74, 6) is 1.16. The van der Waals surface area contributed by atoms with E-state index in [2.05, 4.69) is 26.2 Å². The lowest BCUT2D eigenvalue weighted by Gasteiger charge is -2.07. The van der Waals surface area contributed by atoms with Gasteiger partial charge in [0, 0.05) is 17.6 Å². The first kappa shape index (κ1) is 14.3. The van der Waals surface area contributed by atoms with Crippen molar-refractivity contribution in [2.75, 3.05) is 12.4 Å². The molecule has 0 amide bonds. The molecule has 20 heavy (non-hydrogen) atoms. The minimum Gasteiger partial charge on any atom is -0.487 e. The molecule has 1 aromatic carbocycles. The van der Waals surface area contributed by atoms with E-state index in [1.54, 1.807) is 13.1 Å². The summed E-state index contributed by atoms with van der Waals surface area (Å²) in [4.78, 5) is 14.6. The number of hydrogen-bond donors (Lipinski definition) is 1. The lowest BCUT2D eigenvalue weighted by atomic mass is 10.3. The van der Waals surface area contributed by atoms with Gasteiger partial charge in [-0.3, -0.25) is 10.1 Å². The molecule has 0 unspecified atom stereocenters. The Bertz CT molecular complexity index is 634. The van der Waals surface area contributed by atoms with Gasteiger partial charge in [0.1, 0.15) is 18.2 Å². The zero-order chi connectivity index (χ0) is 14.5. The number of anilines is 1. The Morgan fingerprint density at radius 3 is 2.90 bits per heavy atom. The topological polar surface area (TPSA) is 77.3 Å². The molecule has 1 aromatic heterocycles. The second kappa shape index (κ2) is 6.33. The summed E-state index contributed by atoms with van der Waals surface area (Å²) in [6.45, 7) is 0.239. The van der Waals surface area contributed by atoms with Gasteiger partial charge in [0.15, 0.2) is 0 Å². The highest BCUT2D eigenvalue weighted by atomic mass is 79.9. The Morgan fingerprint density at radius 2 is 2.20 bits per heavy atom. The molecular weight excluding hydrogens is 326 g/mol. The van der Waals surface area contributed by atoms with Crippen LogP contribution < -0.4 is 10.1 Å². The maximum absolute atomic E-state index is 10.8. The first-order valence-corrected chi connectivity index (χ1v) is 6.59. The highest BCUT2D eigenvalue weighted by molar-refractivity contribution is 9.10. The zero-order valence-corrected chi connectivity index (χ0v) is 12.3. The van der Waals surface area contributed by atoms with Crippen molar-refractivity contribution in [1.29, 1.82) is 0 Å². The van der Waals surface area contributed by atoms with Crippen LogP contribution in [0.3, 0.4) is 0 Å². The number of nitrogens with one attached hydrogen (secondary N) is 1. The Balaban J connectivity index is 2.12. The fourth-order valence-corrected chi connectivity index (χ4v) is 2.05. The molecule has 0 aliphatic heterocycles. The average Bonchev–Trinajstić information content (AvgIpc) is 2.44. The Labute approximate surface area is 124 Å². The maximum atomic E-state index is 10.8. The van der Waals surface area contributed by atoms with Crippen LogP contribution in [0.25, 0.3) is 0 Å². The summed E-state index contributed by atoms with van der Waals surface area (Å²) in [5, 5.41) is 13.7. The van der Waals surface area contributed by atoms with Gasteiger partial charge in [-0.25, -0.2) is 4.98 Å². The number of aromatic nitrogens is 1. The summed E-state index contributed by atoms with van der Waals surface area (Å²) >= 11 is 3.22. The predicted octanol–water partition coefficient (Wildman–Crippen LogP) is 3.37. The van der Waals surface area contributed by atoms with Gasteiger partial charge >= 0.3 is 0 Å². The number of halogens is 1. The van der Waals surface area contributed by atoms with Gasteiger partial charge in [-0.2, -0.15) is 0 Å². The van der Waals surface area contributed by atoms with Crippen LogP contribution in [0, 0.1) is 10.1 Å². The molecule has 0 atom stereocenters. The molecule has 0 saturated carbocycles. The standard InChI is InChI=1S/C13H12BrN3O3/c1-15-13-4-2-3-10(16-13)8-20-12-6-9(14)5-11(7-12)17(18)19/h2-7H,8H2,1H3,(H,15,16). The van der Waals surface area contributed by atoms with Crippen molar-refractivity contribution in [3.63, 3.8) is 0 Å². The van der Waals surface area contributed by atoms with Crippen LogP contribution >= 0.6 is 15.9 Å². The molecule has 0 radical (unpaired) electrons. The molecule has 1 N–H and O–H groups in total.